The van der Waals surface area contributed by atoms with Gasteiger partial charge in [-0.25, -0.2) is 8.42 Å². The lowest BCUT2D eigenvalue weighted by Crippen LogP contribution is -2.04. The van der Waals surface area contributed by atoms with Gasteiger partial charge in [0.05, 0.1) is 10.2 Å². The van der Waals surface area contributed by atoms with E-state index in [0.717, 1.165) is 0 Å². The van der Waals surface area contributed by atoms with Crippen molar-refractivity contribution in [3.8, 4) is 0 Å². The van der Waals surface area contributed by atoms with Crippen molar-refractivity contribution in [2.75, 3.05) is 0 Å². The maximum absolute atomic E-state index is 11.1. The summed E-state index contributed by atoms with van der Waals surface area (Å²) in [4.78, 5) is 10.1. The monoisotopic (exact) mass is 263 g/mol. The number of benzene rings is 1. The first-order valence-corrected chi connectivity index (χ1v) is 6.79. The normalized spacial score (nSPS) is 13.4. The minimum absolute atomic E-state index is 0.107. The van der Waals surface area contributed by atoms with Crippen LogP contribution in [0.3, 0.4) is 0 Å². The van der Waals surface area contributed by atoms with Crippen LogP contribution in [0.25, 0.3) is 0 Å². The molecule has 0 saturated carbocycles. The Morgan fingerprint density at radius 1 is 1.44 bits per heavy atom. The number of hydrogen-bond acceptors (Lipinski definition) is 4. The van der Waals surface area contributed by atoms with Crippen molar-refractivity contribution in [1.29, 1.82) is 0 Å². The van der Waals surface area contributed by atoms with Gasteiger partial charge in [0.15, 0.2) is 0 Å². The highest BCUT2D eigenvalue weighted by atomic mass is 35.7. The fraction of sp³-hybridized carbons (Fsp3) is 0.333. The van der Waals surface area contributed by atoms with Gasteiger partial charge in [-0.15, -0.1) is 0 Å². The number of hydrogen-bond donors (Lipinski definition) is 0. The number of aryl methyl sites for hydroxylation is 1. The maximum atomic E-state index is 11.1. The van der Waals surface area contributed by atoms with E-state index in [2.05, 4.69) is 0 Å². The Bertz CT molecular complexity index is 526. The molecule has 1 aromatic rings. The summed E-state index contributed by atoms with van der Waals surface area (Å²) >= 11 is 0. The van der Waals surface area contributed by atoms with Crippen LogP contribution >= 0.6 is 10.7 Å². The molecule has 0 amide bonds. The van der Waals surface area contributed by atoms with Crippen LogP contribution in [0.2, 0.25) is 0 Å². The molecule has 0 bridgehead atoms. The highest BCUT2D eigenvalue weighted by molar-refractivity contribution is 8.13. The molecule has 0 fully saturated rings. The largest absolute Gasteiger partial charge is 0.272 e. The van der Waals surface area contributed by atoms with Gasteiger partial charge in [-0.1, -0.05) is 12.1 Å². The molecule has 0 spiro atoms. The Labute approximate surface area is 97.6 Å². The van der Waals surface area contributed by atoms with Crippen LogP contribution < -0.4 is 0 Å². The maximum Gasteiger partial charge on any atom is 0.272 e. The lowest BCUT2D eigenvalue weighted by Gasteiger charge is -2.08. The van der Waals surface area contributed by atoms with Crippen LogP contribution in [0, 0.1) is 17.0 Å². The van der Waals surface area contributed by atoms with Gasteiger partial charge < -0.3 is 0 Å². The first kappa shape index (κ1) is 12.9. The average molecular weight is 264 g/mol. The molecular formula is C9H10ClNO4S. The third-order valence-electron chi connectivity index (χ3n) is 2.32. The molecule has 0 N–H and O–H groups in total. The van der Waals surface area contributed by atoms with E-state index in [-0.39, 0.29) is 5.69 Å². The van der Waals surface area contributed by atoms with Crippen LogP contribution in [0.1, 0.15) is 23.3 Å². The van der Waals surface area contributed by atoms with E-state index < -0.39 is 19.2 Å². The molecule has 1 atom stereocenters. The van der Waals surface area contributed by atoms with E-state index in [1.165, 1.54) is 25.1 Å². The third-order valence-corrected chi connectivity index (χ3v) is 4.24. The second-order valence-electron chi connectivity index (χ2n) is 3.42. The van der Waals surface area contributed by atoms with Gasteiger partial charge in [0.1, 0.15) is 0 Å². The fourth-order valence-corrected chi connectivity index (χ4v) is 2.02. The second-order valence-corrected chi connectivity index (χ2v) is 6.37. The molecule has 1 unspecified atom stereocenters. The van der Waals surface area contributed by atoms with Crippen molar-refractivity contribution in [2.24, 2.45) is 0 Å². The van der Waals surface area contributed by atoms with Crippen molar-refractivity contribution in [3.63, 3.8) is 0 Å². The highest BCUT2D eigenvalue weighted by Crippen LogP contribution is 2.29. The highest BCUT2D eigenvalue weighted by Gasteiger charge is 2.22. The topological polar surface area (TPSA) is 77.3 Å². The molecule has 1 aromatic carbocycles. The number of rotatable bonds is 3. The van der Waals surface area contributed by atoms with Crippen molar-refractivity contribution in [1.82, 2.24) is 0 Å². The first-order valence-electron chi connectivity index (χ1n) is 4.42. The zero-order valence-corrected chi connectivity index (χ0v) is 10.2. The zero-order valence-electron chi connectivity index (χ0n) is 8.68. The van der Waals surface area contributed by atoms with Crippen LogP contribution in [-0.2, 0) is 9.05 Å². The Kier molecular flexibility index (Phi) is 3.54. The molecule has 0 heterocycles. The van der Waals surface area contributed by atoms with Crippen molar-refractivity contribution in [2.45, 2.75) is 19.1 Å². The van der Waals surface area contributed by atoms with Gasteiger partial charge in [0.2, 0.25) is 9.05 Å². The summed E-state index contributed by atoms with van der Waals surface area (Å²) in [6.45, 7) is 2.97. The number of nitro groups is 1. The van der Waals surface area contributed by atoms with E-state index >= 15 is 0 Å². The van der Waals surface area contributed by atoms with Crippen LogP contribution in [0.4, 0.5) is 5.69 Å². The van der Waals surface area contributed by atoms with E-state index in [1.807, 2.05) is 0 Å². The van der Waals surface area contributed by atoms with Crippen molar-refractivity contribution < 1.29 is 13.3 Å². The molecule has 1 rings (SSSR count). The molecule has 0 saturated heterocycles. The average Bonchev–Trinajstić information content (AvgIpc) is 2.15. The Balaban J connectivity index is 3.29. The molecule has 16 heavy (non-hydrogen) atoms. The van der Waals surface area contributed by atoms with Crippen molar-refractivity contribution >= 4 is 25.4 Å². The quantitative estimate of drug-likeness (QED) is 0.477. The summed E-state index contributed by atoms with van der Waals surface area (Å²) in [5, 5.41) is 9.71. The predicted octanol–water partition coefficient (Wildman–Crippen LogP) is 2.53. The van der Waals surface area contributed by atoms with Crippen LogP contribution in [-0.4, -0.2) is 13.3 Å². The predicted molar refractivity (Wildman–Crippen MR) is 61.0 cm³/mol. The minimum atomic E-state index is -3.76. The Morgan fingerprint density at radius 2 is 2.00 bits per heavy atom. The number of nitro benzene ring substituents is 1. The number of halogens is 1. The van der Waals surface area contributed by atoms with E-state index in [0.29, 0.717) is 11.1 Å². The molecular weight excluding hydrogens is 254 g/mol. The van der Waals surface area contributed by atoms with E-state index in [9.17, 15) is 18.5 Å². The van der Waals surface area contributed by atoms with Gasteiger partial charge in [0.25, 0.3) is 5.69 Å². The molecule has 7 heteroatoms. The Hall–Kier alpha value is -1.14. The lowest BCUT2D eigenvalue weighted by molar-refractivity contribution is -0.385. The van der Waals surface area contributed by atoms with Crippen molar-refractivity contribution in [3.05, 3.63) is 39.4 Å². The first-order chi connectivity index (χ1) is 7.23. The number of nitrogens with zero attached hydrogens (tertiary/aromatic N) is 1. The summed E-state index contributed by atoms with van der Waals surface area (Å²) in [5.41, 5.74) is 0.685. The molecule has 5 nitrogen and oxygen atoms in total. The van der Waals surface area contributed by atoms with Crippen LogP contribution in [0.5, 0.6) is 0 Å². The van der Waals surface area contributed by atoms with Gasteiger partial charge >= 0.3 is 0 Å². The van der Waals surface area contributed by atoms with E-state index in [4.69, 9.17) is 10.7 Å². The van der Waals surface area contributed by atoms with Gasteiger partial charge in [0, 0.05) is 22.3 Å². The van der Waals surface area contributed by atoms with E-state index in [1.54, 1.807) is 6.92 Å². The SMILES string of the molecule is Cc1ccc(C(C)S(=O)(=O)Cl)cc1[N+](=O)[O-]. The molecule has 0 aliphatic heterocycles. The molecule has 0 radical (unpaired) electrons. The minimum Gasteiger partial charge on any atom is -0.258 e. The van der Waals surface area contributed by atoms with Crippen LogP contribution in [0.15, 0.2) is 18.2 Å². The standard InChI is InChI=1S/C9H10ClNO4S/c1-6-3-4-8(5-9(6)11(12)13)7(2)16(10,14)15/h3-5,7H,1-2H3. The van der Waals surface area contributed by atoms with Gasteiger partial charge in [-0.2, -0.15) is 0 Å². The second kappa shape index (κ2) is 4.39. The molecule has 0 aromatic heterocycles. The zero-order chi connectivity index (χ0) is 12.5. The summed E-state index contributed by atoms with van der Waals surface area (Å²) in [5.74, 6) is 0. The smallest absolute Gasteiger partial charge is 0.258 e. The molecule has 0 aliphatic carbocycles. The summed E-state index contributed by atoms with van der Waals surface area (Å²) < 4.78 is 22.2. The molecule has 88 valence electrons. The summed E-state index contributed by atoms with van der Waals surface area (Å²) in [7, 11) is 1.43. The summed E-state index contributed by atoms with van der Waals surface area (Å²) in [6, 6.07) is 4.26. The molecule has 0 aliphatic rings. The fourth-order valence-electron chi connectivity index (χ4n) is 1.24. The van der Waals surface area contributed by atoms with Gasteiger partial charge in [-0.3, -0.25) is 10.1 Å². The third kappa shape index (κ3) is 2.70. The Morgan fingerprint density at radius 3 is 2.44 bits per heavy atom. The lowest BCUT2D eigenvalue weighted by atomic mass is 10.1. The summed E-state index contributed by atoms with van der Waals surface area (Å²) in [6.07, 6.45) is 0. The van der Waals surface area contributed by atoms with Gasteiger partial charge in [-0.05, 0) is 19.4 Å².